The minimum atomic E-state index is -0.0198. The van der Waals surface area contributed by atoms with Gasteiger partial charge in [-0.3, -0.25) is 4.79 Å². The molecule has 0 N–H and O–H groups in total. The second-order valence-electron chi connectivity index (χ2n) is 5.90. The highest BCUT2D eigenvalue weighted by atomic mass is 32.2. The zero-order valence-electron chi connectivity index (χ0n) is 14.6. The molecule has 0 fully saturated rings. The Balaban J connectivity index is 1.77. The number of hydrogen-bond donors (Lipinski definition) is 0. The smallest absolute Gasteiger partial charge is 0.257 e. The number of amides is 1. The first-order valence-electron chi connectivity index (χ1n) is 8.08. The molecule has 5 heteroatoms. The molecule has 0 bridgehead atoms. The minimum Gasteiger partial charge on any atom is -0.337 e. The fourth-order valence-electron chi connectivity index (χ4n) is 2.73. The van der Waals surface area contributed by atoms with Gasteiger partial charge in [0.05, 0.1) is 23.1 Å². The maximum atomic E-state index is 12.8. The summed E-state index contributed by atoms with van der Waals surface area (Å²) < 4.78 is 1.80. The fraction of sp³-hybridized carbons (Fsp3) is 0.200. The van der Waals surface area contributed by atoms with Gasteiger partial charge in [0.1, 0.15) is 0 Å². The van der Waals surface area contributed by atoms with Gasteiger partial charge in [-0.15, -0.1) is 11.8 Å². The van der Waals surface area contributed by atoms with Crippen LogP contribution in [0.25, 0.3) is 5.69 Å². The van der Waals surface area contributed by atoms with E-state index in [0.717, 1.165) is 16.9 Å². The quantitative estimate of drug-likeness (QED) is 0.647. The van der Waals surface area contributed by atoms with E-state index < -0.39 is 0 Å². The van der Waals surface area contributed by atoms with Gasteiger partial charge in [-0.05, 0) is 43.0 Å². The standard InChI is InChI=1S/C20H21N3OS/c1-15-19(13-21-23(15)17-7-5-4-6-8-17)20(24)22(2)14-16-9-11-18(25-3)12-10-16/h4-13H,14H2,1-3H3. The summed E-state index contributed by atoms with van der Waals surface area (Å²) in [4.78, 5) is 15.8. The average Bonchev–Trinajstić information content (AvgIpc) is 3.03. The first-order chi connectivity index (χ1) is 12.1. The molecule has 0 saturated carbocycles. The Bertz CT molecular complexity index is 856. The highest BCUT2D eigenvalue weighted by molar-refractivity contribution is 7.98. The number of hydrogen-bond acceptors (Lipinski definition) is 3. The van der Waals surface area contributed by atoms with Gasteiger partial charge < -0.3 is 4.90 Å². The molecule has 3 rings (SSSR count). The number of aromatic nitrogens is 2. The van der Waals surface area contributed by atoms with E-state index in [-0.39, 0.29) is 5.91 Å². The number of benzene rings is 2. The Kier molecular flexibility index (Phi) is 5.24. The summed E-state index contributed by atoms with van der Waals surface area (Å²) in [6, 6.07) is 18.1. The molecule has 2 aromatic carbocycles. The Morgan fingerprint density at radius 3 is 2.44 bits per heavy atom. The van der Waals surface area contributed by atoms with Crippen molar-refractivity contribution in [2.24, 2.45) is 0 Å². The van der Waals surface area contributed by atoms with Crippen molar-refractivity contribution in [3.8, 4) is 5.69 Å². The number of thioether (sulfide) groups is 1. The van der Waals surface area contributed by atoms with Crippen molar-refractivity contribution in [3.05, 3.63) is 77.6 Å². The summed E-state index contributed by atoms with van der Waals surface area (Å²) in [5.74, 6) is -0.0198. The van der Waals surface area contributed by atoms with Crippen LogP contribution in [0.3, 0.4) is 0 Å². The Morgan fingerprint density at radius 2 is 1.80 bits per heavy atom. The van der Waals surface area contributed by atoms with Gasteiger partial charge in [-0.2, -0.15) is 5.10 Å². The zero-order valence-corrected chi connectivity index (χ0v) is 15.5. The highest BCUT2D eigenvalue weighted by Gasteiger charge is 2.18. The van der Waals surface area contributed by atoms with Gasteiger partial charge in [0.25, 0.3) is 5.91 Å². The van der Waals surface area contributed by atoms with Crippen LogP contribution in [0.4, 0.5) is 0 Å². The van der Waals surface area contributed by atoms with Crippen LogP contribution in [0, 0.1) is 6.92 Å². The van der Waals surface area contributed by atoms with E-state index in [1.807, 2.05) is 44.3 Å². The molecule has 25 heavy (non-hydrogen) atoms. The predicted octanol–water partition coefficient (Wildman–Crippen LogP) is 4.17. The molecule has 1 amide bonds. The van der Waals surface area contributed by atoms with Crippen molar-refractivity contribution < 1.29 is 4.79 Å². The van der Waals surface area contributed by atoms with E-state index in [4.69, 9.17) is 0 Å². The minimum absolute atomic E-state index is 0.0198. The van der Waals surface area contributed by atoms with Crippen molar-refractivity contribution in [1.82, 2.24) is 14.7 Å². The van der Waals surface area contributed by atoms with Gasteiger partial charge in [0, 0.05) is 18.5 Å². The Labute approximate surface area is 152 Å². The molecule has 0 spiro atoms. The van der Waals surface area contributed by atoms with Gasteiger partial charge in [0.15, 0.2) is 0 Å². The van der Waals surface area contributed by atoms with E-state index >= 15 is 0 Å². The lowest BCUT2D eigenvalue weighted by atomic mass is 10.2. The molecule has 3 aromatic rings. The SMILES string of the molecule is CSc1ccc(CN(C)C(=O)c2cnn(-c3ccccc3)c2C)cc1. The number of carbonyl (C=O) groups is 1. The summed E-state index contributed by atoms with van der Waals surface area (Å²) in [5.41, 5.74) is 3.55. The van der Waals surface area contributed by atoms with Crippen LogP contribution in [0.5, 0.6) is 0 Å². The molecule has 0 aliphatic heterocycles. The lowest BCUT2D eigenvalue weighted by Gasteiger charge is -2.17. The van der Waals surface area contributed by atoms with E-state index in [9.17, 15) is 4.79 Å². The average molecular weight is 351 g/mol. The lowest BCUT2D eigenvalue weighted by molar-refractivity contribution is 0.0784. The summed E-state index contributed by atoms with van der Waals surface area (Å²) in [6.45, 7) is 2.50. The number of para-hydroxylation sites is 1. The van der Waals surface area contributed by atoms with E-state index in [1.54, 1.807) is 27.5 Å². The first kappa shape index (κ1) is 17.3. The largest absolute Gasteiger partial charge is 0.337 e. The van der Waals surface area contributed by atoms with Crippen molar-refractivity contribution in [1.29, 1.82) is 0 Å². The van der Waals surface area contributed by atoms with Crippen molar-refractivity contribution >= 4 is 17.7 Å². The molecule has 0 atom stereocenters. The highest BCUT2D eigenvalue weighted by Crippen LogP contribution is 2.18. The number of nitrogens with zero attached hydrogens (tertiary/aromatic N) is 3. The van der Waals surface area contributed by atoms with E-state index in [2.05, 4.69) is 35.6 Å². The molecule has 0 radical (unpaired) electrons. The van der Waals surface area contributed by atoms with Crippen LogP contribution in [-0.4, -0.2) is 33.9 Å². The van der Waals surface area contributed by atoms with E-state index in [0.29, 0.717) is 12.1 Å². The maximum absolute atomic E-state index is 12.8. The topological polar surface area (TPSA) is 38.1 Å². The van der Waals surface area contributed by atoms with Gasteiger partial charge >= 0.3 is 0 Å². The number of rotatable bonds is 5. The van der Waals surface area contributed by atoms with Gasteiger partial charge in [-0.25, -0.2) is 4.68 Å². The second-order valence-corrected chi connectivity index (χ2v) is 6.78. The molecule has 1 heterocycles. The van der Waals surface area contributed by atoms with Crippen LogP contribution in [0.1, 0.15) is 21.6 Å². The fourth-order valence-corrected chi connectivity index (χ4v) is 3.14. The van der Waals surface area contributed by atoms with E-state index in [1.165, 1.54) is 4.90 Å². The molecule has 0 unspecified atom stereocenters. The maximum Gasteiger partial charge on any atom is 0.257 e. The Morgan fingerprint density at radius 1 is 1.12 bits per heavy atom. The summed E-state index contributed by atoms with van der Waals surface area (Å²) in [6.07, 6.45) is 3.70. The predicted molar refractivity (Wildman–Crippen MR) is 102 cm³/mol. The third-order valence-corrected chi connectivity index (χ3v) is 4.91. The van der Waals surface area contributed by atoms with Crippen molar-refractivity contribution in [2.75, 3.05) is 13.3 Å². The van der Waals surface area contributed by atoms with Gasteiger partial charge in [-0.1, -0.05) is 30.3 Å². The lowest BCUT2D eigenvalue weighted by Crippen LogP contribution is -2.26. The third kappa shape index (κ3) is 3.77. The molecule has 0 saturated heterocycles. The molecular weight excluding hydrogens is 330 g/mol. The molecule has 1 aromatic heterocycles. The van der Waals surface area contributed by atoms with Crippen LogP contribution >= 0.6 is 11.8 Å². The molecular formula is C20H21N3OS. The molecule has 4 nitrogen and oxygen atoms in total. The van der Waals surface area contributed by atoms with Crippen molar-refractivity contribution in [2.45, 2.75) is 18.4 Å². The molecule has 128 valence electrons. The Hall–Kier alpha value is -2.53. The summed E-state index contributed by atoms with van der Waals surface area (Å²) in [5, 5.41) is 4.39. The zero-order chi connectivity index (χ0) is 17.8. The van der Waals surface area contributed by atoms with Crippen LogP contribution in [0.2, 0.25) is 0 Å². The first-order valence-corrected chi connectivity index (χ1v) is 9.31. The van der Waals surface area contributed by atoms with Crippen LogP contribution in [-0.2, 0) is 6.54 Å². The summed E-state index contributed by atoms with van der Waals surface area (Å²) in [7, 11) is 1.82. The summed E-state index contributed by atoms with van der Waals surface area (Å²) >= 11 is 1.71. The normalized spacial score (nSPS) is 10.7. The van der Waals surface area contributed by atoms with Crippen LogP contribution in [0.15, 0.2) is 65.7 Å². The molecule has 0 aliphatic carbocycles. The van der Waals surface area contributed by atoms with Crippen molar-refractivity contribution in [3.63, 3.8) is 0 Å². The van der Waals surface area contributed by atoms with Crippen LogP contribution < -0.4 is 0 Å². The molecule has 0 aliphatic rings. The van der Waals surface area contributed by atoms with Gasteiger partial charge in [0.2, 0.25) is 0 Å². The second kappa shape index (κ2) is 7.57. The third-order valence-electron chi connectivity index (χ3n) is 4.17. The monoisotopic (exact) mass is 351 g/mol. The number of carbonyl (C=O) groups excluding carboxylic acids is 1.